The van der Waals surface area contributed by atoms with Crippen LogP contribution in [0, 0.1) is 11.3 Å². The number of nitrogens with zero attached hydrogens (tertiary/aromatic N) is 4. The number of hydrogen-bond donors (Lipinski definition) is 2. The van der Waals surface area contributed by atoms with Gasteiger partial charge in [-0.05, 0) is 18.2 Å². The van der Waals surface area contributed by atoms with E-state index in [4.69, 9.17) is 0 Å². The second-order valence-electron chi connectivity index (χ2n) is 6.18. The van der Waals surface area contributed by atoms with Gasteiger partial charge in [0.1, 0.15) is 29.6 Å². The quantitative estimate of drug-likeness (QED) is 0.394. The van der Waals surface area contributed by atoms with Crippen LogP contribution < -0.4 is 10.7 Å². The molecule has 0 saturated carbocycles. The minimum atomic E-state index is -1.56. The van der Waals surface area contributed by atoms with Crippen LogP contribution in [-0.2, 0) is 6.54 Å². The molecular formula is C20H12N5O4-. The first kappa shape index (κ1) is 17.9. The van der Waals surface area contributed by atoms with E-state index in [2.05, 4.69) is 15.1 Å². The van der Waals surface area contributed by atoms with E-state index in [1.54, 1.807) is 36.4 Å². The van der Waals surface area contributed by atoms with Crippen molar-refractivity contribution in [3.8, 4) is 6.07 Å². The first-order valence-corrected chi connectivity index (χ1v) is 8.48. The zero-order valence-corrected chi connectivity index (χ0v) is 14.8. The topological polar surface area (TPSA) is 148 Å². The second-order valence-corrected chi connectivity index (χ2v) is 6.18. The first-order chi connectivity index (χ1) is 14.0. The van der Waals surface area contributed by atoms with E-state index >= 15 is 0 Å². The Hall–Kier alpha value is -4.45. The zero-order chi connectivity index (χ0) is 20.5. The molecule has 142 valence electrons. The number of aromatic carboxylic acids is 1. The highest BCUT2D eigenvalue weighted by Gasteiger charge is 2.17. The average Bonchev–Trinajstić information content (AvgIpc) is 3.14. The molecule has 4 aromatic rings. The van der Waals surface area contributed by atoms with Crippen molar-refractivity contribution >= 4 is 33.3 Å². The van der Waals surface area contributed by atoms with Crippen LogP contribution in [0.15, 0.2) is 59.1 Å². The minimum absolute atomic E-state index is 0.108. The molecule has 2 aromatic carbocycles. The fourth-order valence-electron chi connectivity index (χ4n) is 3.04. The molecule has 0 bridgehead atoms. The normalized spacial score (nSPS) is 12.0. The number of fused-ring (bicyclic) bond motifs is 2. The number of para-hydroxylation sites is 2. The van der Waals surface area contributed by atoms with Gasteiger partial charge in [-0.15, -0.1) is 0 Å². The highest BCUT2D eigenvalue weighted by Crippen LogP contribution is 2.19. The smallest absolute Gasteiger partial charge is 0.275 e. The number of benzene rings is 2. The number of imidazole rings is 1. The van der Waals surface area contributed by atoms with Crippen LogP contribution in [0.25, 0.3) is 27.4 Å². The predicted octanol–water partition coefficient (Wildman–Crippen LogP) is 1.13. The lowest BCUT2D eigenvalue weighted by molar-refractivity contribution is -0.255. The van der Waals surface area contributed by atoms with Crippen molar-refractivity contribution in [2.45, 2.75) is 6.54 Å². The molecule has 0 unspecified atom stereocenters. The molecule has 0 atom stereocenters. The molecule has 0 aliphatic heterocycles. The van der Waals surface area contributed by atoms with E-state index in [1.165, 1.54) is 12.1 Å². The van der Waals surface area contributed by atoms with Gasteiger partial charge in [-0.25, -0.2) is 9.67 Å². The molecule has 0 fully saturated rings. The van der Waals surface area contributed by atoms with Gasteiger partial charge in [0.2, 0.25) is 0 Å². The Morgan fingerprint density at radius 3 is 2.55 bits per heavy atom. The van der Waals surface area contributed by atoms with Crippen molar-refractivity contribution in [2.75, 3.05) is 0 Å². The van der Waals surface area contributed by atoms with Crippen LogP contribution in [0.2, 0.25) is 0 Å². The molecule has 4 rings (SSSR count). The summed E-state index contributed by atoms with van der Waals surface area (Å²) in [4.78, 5) is 31.3. The van der Waals surface area contributed by atoms with E-state index in [-0.39, 0.29) is 22.2 Å². The first-order valence-electron chi connectivity index (χ1n) is 8.48. The van der Waals surface area contributed by atoms with E-state index < -0.39 is 29.5 Å². The van der Waals surface area contributed by atoms with E-state index in [1.807, 2.05) is 6.07 Å². The van der Waals surface area contributed by atoms with Crippen LogP contribution >= 0.6 is 0 Å². The standard InChI is InChI=1S/C20H13N5O4/c21-9-13(18-22-14-7-3-4-8-15(14)23-18)16(26)10-25-19(27)12-6-2-1-5-11(12)17(24-25)20(28)29/h1-8,26H,10H2,(H,22,23)(H,28,29)/p-1/b16-13-. The predicted molar refractivity (Wildman–Crippen MR) is 102 cm³/mol. The van der Waals surface area contributed by atoms with Crippen LogP contribution in [0.1, 0.15) is 16.3 Å². The number of aliphatic hydroxyl groups is 1. The SMILES string of the molecule is N#C/C(=C(/O)Cn1nc(C(=O)[O-])c2ccccc2c1=O)c1nc2ccccc2[nH]1. The van der Waals surface area contributed by atoms with Crippen molar-refractivity contribution < 1.29 is 15.0 Å². The molecule has 9 nitrogen and oxygen atoms in total. The Morgan fingerprint density at radius 2 is 1.86 bits per heavy atom. The number of carboxylic acids is 1. The van der Waals surface area contributed by atoms with Gasteiger partial charge in [0.15, 0.2) is 5.82 Å². The molecule has 0 spiro atoms. The Morgan fingerprint density at radius 1 is 1.17 bits per heavy atom. The number of nitriles is 1. The third-order valence-corrected chi connectivity index (χ3v) is 4.39. The maximum absolute atomic E-state index is 12.7. The third kappa shape index (κ3) is 3.08. The van der Waals surface area contributed by atoms with Crippen molar-refractivity contribution in [3.63, 3.8) is 0 Å². The van der Waals surface area contributed by atoms with E-state index in [9.17, 15) is 25.1 Å². The number of carbonyl (C=O) groups excluding carboxylic acids is 1. The molecule has 2 N–H and O–H groups in total. The largest absolute Gasteiger partial charge is 0.543 e. The fourth-order valence-corrected chi connectivity index (χ4v) is 3.04. The van der Waals surface area contributed by atoms with E-state index in [0.29, 0.717) is 11.0 Å². The number of nitrogens with one attached hydrogen (secondary N) is 1. The highest BCUT2D eigenvalue weighted by molar-refractivity contribution is 6.00. The number of rotatable bonds is 4. The summed E-state index contributed by atoms with van der Waals surface area (Å²) in [5.41, 5.74) is 0.0407. The monoisotopic (exact) mass is 386 g/mol. The summed E-state index contributed by atoms with van der Waals surface area (Å²) in [6, 6.07) is 15.0. The van der Waals surface area contributed by atoms with Crippen molar-refractivity contribution in [1.29, 1.82) is 5.26 Å². The Balaban J connectivity index is 1.84. The molecule has 0 radical (unpaired) electrons. The maximum Gasteiger partial charge on any atom is 0.275 e. The summed E-state index contributed by atoms with van der Waals surface area (Å²) in [6.07, 6.45) is 0. The molecule has 0 aliphatic rings. The summed E-state index contributed by atoms with van der Waals surface area (Å²) >= 11 is 0. The molecule has 0 amide bonds. The van der Waals surface area contributed by atoms with Crippen molar-refractivity contribution in [1.82, 2.24) is 19.7 Å². The van der Waals surface area contributed by atoms with Crippen molar-refractivity contribution in [2.24, 2.45) is 0 Å². The number of carbonyl (C=O) groups is 1. The molecule has 29 heavy (non-hydrogen) atoms. The summed E-state index contributed by atoms with van der Waals surface area (Å²) in [7, 11) is 0. The molecule has 2 aromatic heterocycles. The highest BCUT2D eigenvalue weighted by atomic mass is 16.4. The van der Waals surface area contributed by atoms with Crippen LogP contribution in [0.3, 0.4) is 0 Å². The summed E-state index contributed by atoms with van der Waals surface area (Å²) in [6.45, 7) is -0.510. The number of allylic oxidation sites excluding steroid dienone is 2. The lowest BCUT2D eigenvalue weighted by Gasteiger charge is -2.11. The number of aliphatic hydroxyl groups excluding tert-OH is 1. The van der Waals surface area contributed by atoms with Gasteiger partial charge in [-0.3, -0.25) is 4.79 Å². The number of aromatic amines is 1. The van der Waals surface area contributed by atoms with Gasteiger partial charge >= 0.3 is 0 Å². The van der Waals surface area contributed by atoms with Gasteiger partial charge in [0, 0.05) is 5.39 Å². The Bertz CT molecular complexity index is 1370. The van der Waals surface area contributed by atoms with Crippen molar-refractivity contribution in [3.05, 3.63) is 76.2 Å². The molecule has 9 heteroatoms. The van der Waals surface area contributed by atoms with E-state index in [0.717, 1.165) is 4.68 Å². The molecule has 0 aliphatic carbocycles. The van der Waals surface area contributed by atoms with Gasteiger partial charge in [-0.1, -0.05) is 30.3 Å². The van der Waals surface area contributed by atoms with Crippen LogP contribution in [-0.4, -0.2) is 30.8 Å². The average molecular weight is 386 g/mol. The van der Waals surface area contributed by atoms with Crippen LogP contribution in [0.4, 0.5) is 0 Å². The summed E-state index contributed by atoms with van der Waals surface area (Å²) in [5.74, 6) is -1.92. The Kier molecular flexibility index (Phi) is 4.29. The second kappa shape index (κ2) is 6.94. The van der Waals surface area contributed by atoms with Crippen LogP contribution in [0.5, 0.6) is 0 Å². The number of aromatic nitrogens is 4. The molecule has 2 heterocycles. The summed E-state index contributed by atoms with van der Waals surface area (Å²) in [5, 5.41) is 35.5. The third-order valence-electron chi connectivity index (χ3n) is 4.39. The fraction of sp³-hybridized carbons (Fsp3) is 0.0500. The Labute approximate surface area is 162 Å². The lowest BCUT2D eigenvalue weighted by Crippen LogP contribution is -2.31. The maximum atomic E-state index is 12.7. The minimum Gasteiger partial charge on any atom is -0.543 e. The number of H-pyrrole nitrogens is 1. The van der Waals surface area contributed by atoms with Gasteiger partial charge in [0.05, 0.1) is 22.4 Å². The number of hydrogen-bond acceptors (Lipinski definition) is 7. The van der Waals surface area contributed by atoms with Gasteiger partial charge < -0.3 is 20.0 Å². The zero-order valence-electron chi connectivity index (χ0n) is 14.8. The van der Waals surface area contributed by atoms with Gasteiger partial charge in [-0.2, -0.15) is 10.4 Å². The lowest BCUT2D eigenvalue weighted by atomic mass is 10.1. The molecule has 0 saturated heterocycles. The summed E-state index contributed by atoms with van der Waals surface area (Å²) < 4.78 is 0.781. The van der Waals surface area contributed by atoms with Gasteiger partial charge in [0.25, 0.3) is 5.56 Å². The number of carboxylic acid groups (broad SMARTS) is 1. The molecular weight excluding hydrogens is 374 g/mol.